The van der Waals surface area contributed by atoms with Gasteiger partial charge in [0.25, 0.3) is 0 Å². The van der Waals surface area contributed by atoms with Crippen LogP contribution >= 0.6 is 0 Å². The molecule has 1 saturated heterocycles. The van der Waals surface area contributed by atoms with Crippen LogP contribution in [0.2, 0.25) is 0 Å². The van der Waals surface area contributed by atoms with Crippen LogP contribution in [0.5, 0.6) is 0 Å². The van der Waals surface area contributed by atoms with Crippen molar-refractivity contribution in [3.63, 3.8) is 0 Å². The summed E-state index contributed by atoms with van der Waals surface area (Å²) in [5.41, 5.74) is 6.44. The number of aliphatic hydroxyl groups is 3. The molecule has 0 spiro atoms. The Balaban J connectivity index is 0.00000110. The minimum absolute atomic E-state index is 0. The normalized spacial score (nSPS) is 28.1. The van der Waals surface area contributed by atoms with E-state index in [1.165, 1.54) is 17.2 Å². The van der Waals surface area contributed by atoms with Gasteiger partial charge in [-0.15, -0.1) is 0 Å². The summed E-state index contributed by atoms with van der Waals surface area (Å²) in [4.78, 5) is 11.9. The van der Waals surface area contributed by atoms with Crippen LogP contribution in [0.3, 0.4) is 0 Å². The fraction of sp³-hybridized carbons (Fsp3) is 0.500. The van der Waals surface area contributed by atoms with Crippen molar-refractivity contribution in [2.45, 2.75) is 24.5 Å². The molecule has 0 amide bonds. The van der Waals surface area contributed by atoms with Gasteiger partial charge in [-0.3, -0.25) is 4.57 Å². The molecule has 3 rings (SSSR count). The molecule has 0 saturated carbocycles. The number of imidazole rings is 1. The van der Waals surface area contributed by atoms with Crippen molar-refractivity contribution in [1.29, 1.82) is 0 Å². The molecule has 2 aromatic heterocycles. The molecule has 1 fully saturated rings. The summed E-state index contributed by atoms with van der Waals surface area (Å²) < 4.78 is 6.85. The molecule has 3 heterocycles. The maximum Gasteiger partial charge on any atom is 1.00 e. The van der Waals surface area contributed by atoms with Gasteiger partial charge in [0.05, 0.1) is 12.9 Å². The molecule has 9 nitrogen and oxygen atoms in total. The molecule has 4 atom stereocenters. The molecule has 2 aromatic rings. The van der Waals surface area contributed by atoms with E-state index < -0.39 is 31.1 Å². The number of nitrogens with zero attached hydrogens (tertiary/aromatic N) is 4. The zero-order valence-corrected chi connectivity index (χ0v) is 13.9. The van der Waals surface area contributed by atoms with E-state index in [1.807, 2.05) is 0 Å². The van der Waals surface area contributed by atoms with Crippen LogP contribution in [0.15, 0.2) is 12.7 Å². The smallest absolute Gasteiger partial charge is 1.00 e. The first-order valence-electron chi connectivity index (χ1n) is 5.69. The third-order valence-electron chi connectivity index (χ3n) is 3.18. The Kier molecular flexibility index (Phi) is 6.32. The zero-order chi connectivity index (χ0) is 13.6. The molecule has 1 aliphatic heterocycles. The Morgan fingerprint density at radius 1 is 1.24 bits per heavy atom. The number of rotatable bonds is 2. The van der Waals surface area contributed by atoms with Gasteiger partial charge in [0.1, 0.15) is 30.2 Å². The van der Waals surface area contributed by atoms with E-state index in [0.717, 1.165) is 0 Å². The number of fused-ring (bicyclic) bond motifs is 1. The number of halogens is 1. The number of hydrogen-bond acceptors (Lipinski definition) is 8. The molecule has 0 aliphatic carbocycles. The van der Waals surface area contributed by atoms with Gasteiger partial charge >= 0.3 is 29.6 Å². The quantitative estimate of drug-likeness (QED) is 0.399. The molecular weight excluding hydrogens is 313 g/mol. The van der Waals surface area contributed by atoms with Crippen molar-refractivity contribution >= 4 is 17.0 Å². The van der Waals surface area contributed by atoms with Crippen LogP contribution in [0.4, 0.5) is 5.82 Å². The van der Waals surface area contributed by atoms with E-state index in [1.54, 1.807) is 0 Å². The van der Waals surface area contributed by atoms with Gasteiger partial charge in [0, 0.05) is 0 Å². The number of nitrogens with two attached hydrogens (primary N) is 1. The summed E-state index contributed by atoms with van der Waals surface area (Å²) in [5.74, 6) is 0.218. The maximum absolute atomic E-state index is 9.95. The van der Waals surface area contributed by atoms with Crippen LogP contribution < -0.4 is 47.7 Å². The molecule has 0 radical (unpaired) electrons. The first-order chi connectivity index (χ1) is 9.13. The molecule has 11 heteroatoms. The van der Waals surface area contributed by atoms with E-state index in [2.05, 4.69) is 15.0 Å². The second-order valence-corrected chi connectivity index (χ2v) is 4.31. The van der Waals surface area contributed by atoms with Crippen LogP contribution in [-0.4, -0.2) is 59.8 Å². The van der Waals surface area contributed by atoms with Crippen molar-refractivity contribution in [1.82, 2.24) is 19.5 Å². The number of aromatic nitrogens is 4. The van der Waals surface area contributed by atoms with Gasteiger partial charge in [-0.2, -0.15) is 0 Å². The third kappa shape index (κ3) is 3.01. The van der Waals surface area contributed by atoms with Crippen molar-refractivity contribution < 1.29 is 62.0 Å². The average Bonchev–Trinajstić information content (AvgIpc) is 2.94. The van der Waals surface area contributed by atoms with Crippen molar-refractivity contribution in [3.8, 4) is 0 Å². The average molecular weight is 326 g/mol. The molecule has 21 heavy (non-hydrogen) atoms. The Morgan fingerprint density at radius 2 is 1.95 bits per heavy atom. The Hall–Kier alpha value is -0.520. The van der Waals surface area contributed by atoms with Gasteiger partial charge in [0.2, 0.25) is 0 Å². The maximum atomic E-state index is 9.95. The van der Waals surface area contributed by atoms with Gasteiger partial charge in [0.15, 0.2) is 17.7 Å². The number of nitrogen functional groups attached to an aromatic ring is 1. The molecule has 1 aliphatic rings. The van der Waals surface area contributed by atoms with E-state index >= 15 is 0 Å². The molecule has 0 unspecified atom stereocenters. The Morgan fingerprint density at radius 3 is 2.57 bits per heavy atom. The van der Waals surface area contributed by atoms with Crippen molar-refractivity contribution in [2.75, 3.05) is 12.3 Å². The fourth-order valence-electron chi connectivity index (χ4n) is 2.17. The predicted octanol–water partition coefficient (Wildman–Crippen LogP) is -7.97. The molecule has 5 N–H and O–H groups in total. The second-order valence-electron chi connectivity index (χ2n) is 4.31. The number of anilines is 1. The van der Waals surface area contributed by atoms with E-state index in [-0.39, 0.29) is 47.8 Å². The van der Waals surface area contributed by atoms with Crippen LogP contribution in [0, 0.1) is 0 Å². The SMILES string of the molecule is Nc1ncnc2c1ncn2[C@@H]1O[C@H](CO)[C@@H](O)[C@H]1O.[Cl-].[Na+]. The van der Waals surface area contributed by atoms with Gasteiger partial charge < -0.3 is 38.2 Å². The summed E-state index contributed by atoms with van der Waals surface area (Å²) in [6, 6.07) is 0. The topological polar surface area (TPSA) is 140 Å². The van der Waals surface area contributed by atoms with Gasteiger partial charge in [-0.1, -0.05) is 0 Å². The number of aliphatic hydroxyl groups excluding tert-OH is 3. The molecular formula is C10H13ClN5NaO4. The largest absolute Gasteiger partial charge is 1.00 e. The number of ether oxygens (including phenoxy) is 1. The van der Waals surface area contributed by atoms with E-state index in [9.17, 15) is 10.2 Å². The van der Waals surface area contributed by atoms with Crippen LogP contribution in [0.25, 0.3) is 11.2 Å². The standard InChI is InChI=1S/C10H13N5O4.ClH.Na/c11-8-5-9(13-2-12-8)15(3-14-5)10-7(18)6(17)4(1-16)19-10;;/h2-4,6-7,10,16-18H,1H2,(H2,11,12,13);1H;/q;;+1/p-1/t4-,6-,7-,10-;;/m1../s1. The zero-order valence-electron chi connectivity index (χ0n) is 11.2. The van der Waals surface area contributed by atoms with E-state index in [0.29, 0.717) is 11.2 Å². The summed E-state index contributed by atoms with van der Waals surface area (Å²) in [6.07, 6.45) is -1.42. The monoisotopic (exact) mass is 325 g/mol. The summed E-state index contributed by atoms with van der Waals surface area (Å²) in [5, 5.41) is 28.7. The first kappa shape index (κ1) is 18.5. The third-order valence-corrected chi connectivity index (χ3v) is 3.18. The van der Waals surface area contributed by atoms with Gasteiger partial charge in [-0.05, 0) is 0 Å². The van der Waals surface area contributed by atoms with E-state index in [4.69, 9.17) is 15.6 Å². The van der Waals surface area contributed by atoms with Gasteiger partial charge in [-0.25, -0.2) is 15.0 Å². The predicted molar refractivity (Wildman–Crippen MR) is 62.7 cm³/mol. The van der Waals surface area contributed by atoms with Crippen molar-refractivity contribution in [3.05, 3.63) is 12.7 Å². The minimum Gasteiger partial charge on any atom is -1.00 e. The second kappa shape index (κ2) is 7.16. The van der Waals surface area contributed by atoms with Crippen molar-refractivity contribution in [2.24, 2.45) is 0 Å². The molecule has 0 aromatic carbocycles. The molecule has 110 valence electrons. The summed E-state index contributed by atoms with van der Waals surface area (Å²) in [7, 11) is 0. The van der Waals surface area contributed by atoms with Crippen LogP contribution in [0.1, 0.15) is 6.23 Å². The summed E-state index contributed by atoms with van der Waals surface area (Å²) >= 11 is 0. The Bertz CT molecular complexity index is 614. The minimum atomic E-state index is -1.19. The summed E-state index contributed by atoms with van der Waals surface area (Å²) in [6.45, 7) is -0.390. The number of hydrogen-bond donors (Lipinski definition) is 4. The molecule has 0 bridgehead atoms. The van der Waals surface area contributed by atoms with Crippen LogP contribution in [-0.2, 0) is 4.74 Å². The first-order valence-corrected chi connectivity index (χ1v) is 5.69. The Labute approximate surface area is 147 Å². The fourth-order valence-corrected chi connectivity index (χ4v) is 2.17.